The topological polar surface area (TPSA) is 101 Å². The summed E-state index contributed by atoms with van der Waals surface area (Å²) < 4.78 is 16.0. The van der Waals surface area contributed by atoms with Crippen LogP contribution in [0, 0.1) is 5.92 Å². The number of piperazine rings is 1. The lowest BCUT2D eigenvalue weighted by Crippen LogP contribution is -2.59. The Labute approximate surface area is 251 Å². The number of nitrogens with one attached hydrogen (secondary N) is 1. The van der Waals surface area contributed by atoms with Gasteiger partial charge in [0.05, 0.1) is 26.3 Å². The number of rotatable bonds is 8. The van der Waals surface area contributed by atoms with Crippen molar-refractivity contribution in [1.82, 2.24) is 20.0 Å². The number of amides is 2. The average molecular weight is 587 g/mol. The van der Waals surface area contributed by atoms with Gasteiger partial charge in [-0.2, -0.15) is 0 Å². The van der Waals surface area contributed by atoms with E-state index in [1.54, 1.807) is 7.11 Å². The van der Waals surface area contributed by atoms with Crippen molar-refractivity contribution in [2.75, 3.05) is 46.9 Å². The van der Waals surface area contributed by atoms with Crippen LogP contribution in [0.15, 0.2) is 24.3 Å². The van der Waals surface area contributed by atoms with Crippen LogP contribution in [0.1, 0.15) is 83.7 Å². The number of benzene rings is 1. The van der Waals surface area contributed by atoms with E-state index in [1.165, 1.54) is 7.11 Å². The molecule has 0 bridgehead atoms. The minimum absolute atomic E-state index is 0.0307. The van der Waals surface area contributed by atoms with Crippen LogP contribution in [0.5, 0.6) is 5.75 Å². The number of likely N-dealkylation sites (tertiary alicyclic amines) is 1. The lowest BCUT2D eigenvalue weighted by molar-refractivity contribution is -0.146. The van der Waals surface area contributed by atoms with Gasteiger partial charge in [-0.05, 0) is 83.4 Å². The first-order chi connectivity index (χ1) is 20.1. The molecule has 1 aromatic rings. The van der Waals surface area contributed by atoms with Gasteiger partial charge in [0.25, 0.3) is 0 Å². The zero-order valence-corrected chi connectivity index (χ0v) is 26.1. The van der Waals surface area contributed by atoms with Crippen LogP contribution in [-0.2, 0) is 19.1 Å². The van der Waals surface area contributed by atoms with E-state index in [4.69, 9.17) is 14.2 Å². The molecule has 2 heterocycles. The Morgan fingerprint density at radius 3 is 2.17 bits per heavy atom. The third kappa shape index (κ3) is 8.60. The van der Waals surface area contributed by atoms with Crippen LogP contribution < -0.4 is 10.1 Å². The molecule has 10 nitrogen and oxygen atoms in total. The van der Waals surface area contributed by atoms with Crippen molar-refractivity contribution >= 4 is 18.0 Å². The lowest BCUT2D eigenvalue weighted by Gasteiger charge is -2.47. The molecule has 0 radical (unpaired) electrons. The summed E-state index contributed by atoms with van der Waals surface area (Å²) >= 11 is 0. The van der Waals surface area contributed by atoms with Gasteiger partial charge in [0.2, 0.25) is 5.91 Å². The normalized spacial score (nSPS) is 24.9. The van der Waals surface area contributed by atoms with Gasteiger partial charge in [0.1, 0.15) is 11.4 Å². The number of nitrogens with zero attached hydrogens (tertiary/aromatic N) is 3. The van der Waals surface area contributed by atoms with Gasteiger partial charge in [-0.1, -0.05) is 12.1 Å². The summed E-state index contributed by atoms with van der Waals surface area (Å²) in [6, 6.07) is 8.01. The summed E-state index contributed by atoms with van der Waals surface area (Å²) in [6.45, 7) is 9.67. The van der Waals surface area contributed by atoms with Crippen molar-refractivity contribution in [2.45, 2.75) is 96.0 Å². The Morgan fingerprint density at radius 1 is 0.905 bits per heavy atom. The maximum atomic E-state index is 13.4. The van der Waals surface area contributed by atoms with Gasteiger partial charge in [-0.3, -0.25) is 24.3 Å². The summed E-state index contributed by atoms with van der Waals surface area (Å²) in [5, 5.41) is 3.24. The minimum atomic E-state index is -0.523. The monoisotopic (exact) mass is 586 g/mol. The lowest BCUT2D eigenvalue weighted by atomic mass is 9.86. The quantitative estimate of drug-likeness (QED) is 0.449. The van der Waals surface area contributed by atoms with E-state index in [2.05, 4.69) is 27.2 Å². The maximum Gasteiger partial charge on any atom is 0.411 e. The summed E-state index contributed by atoms with van der Waals surface area (Å²) in [6.07, 6.45) is 6.25. The highest BCUT2D eigenvalue weighted by atomic mass is 16.6. The Bertz CT molecular complexity index is 1040. The Morgan fingerprint density at radius 2 is 1.57 bits per heavy atom. The predicted octanol–water partition coefficient (Wildman–Crippen LogP) is 4.34. The Kier molecular flexibility index (Phi) is 11.1. The molecule has 3 fully saturated rings. The van der Waals surface area contributed by atoms with Gasteiger partial charge in [0, 0.05) is 51.2 Å². The van der Waals surface area contributed by atoms with Crippen LogP contribution in [0.3, 0.4) is 0 Å². The van der Waals surface area contributed by atoms with E-state index in [0.29, 0.717) is 6.42 Å². The molecule has 10 heteroatoms. The van der Waals surface area contributed by atoms with E-state index >= 15 is 0 Å². The van der Waals surface area contributed by atoms with E-state index in [0.717, 1.165) is 89.0 Å². The molecule has 3 aliphatic rings. The highest BCUT2D eigenvalue weighted by Crippen LogP contribution is 2.31. The number of carbonyl (C=O) groups is 3. The first kappa shape index (κ1) is 32.1. The number of methoxy groups -OCH3 is 2. The van der Waals surface area contributed by atoms with Gasteiger partial charge >= 0.3 is 12.1 Å². The number of hydrogen-bond donors (Lipinski definition) is 1. The molecular weight excluding hydrogens is 536 g/mol. The second kappa shape index (κ2) is 14.6. The van der Waals surface area contributed by atoms with Gasteiger partial charge in [-0.15, -0.1) is 0 Å². The second-order valence-electron chi connectivity index (χ2n) is 12.9. The fourth-order valence-electron chi connectivity index (χ4n) is 6.56. The largest absolute Gasteiger partial charge is 0.497 e. The Hall–Kier alpha value is -2.85. The third-order valence-electron chi connectivity index (χ3n) is 8.82. The second-order valence-corrected chi connectivity index (χ2v) is 12.9. The zero-order valence-electron chi connectivity index (χ0n) is 26.1. The number of hydrogen-bond acceptors (Lipinski definition) is 8. The van der Waals surface area contributed by atoms with Crippen molar-refractivity contribution in [1.29, 1.82) is 0 Å². The summed E-state index contributed by atoms with van der Waals surface area (Å²) in [5.41, 5.74) is 0.562. The van der Waals surface area contributed by atoms with E-state index in [1.807, 2.05) is 37.8 Å². The molecule has 1 aliphatic carbocycles. The van der Waals surface area contributed by atoms with Crippen molar-refractivity contribution in [2.24, 2.45) is 5.92 Å². The van der Waals surface area contributed by atoms with Crippen LogP contribution in [0.2, 0.25) is 0 Å². The fourth-order valence-corrected chi connectivity index (χ4v) is 6.56. The SMILES string of the molecule is COC(=O)C1CCC(NC(=O)CC(c2ccc(OC)cc2)N2CCN([C@@H]3CCCCN3C(=O)OC(C)(C)C)CC2)CC1. The summed E-state index contributed by atoms with van der Waals surface area (Å²) in [7, 11) is 3.08. The first-order valence-corrected chi connectivity index (χ1v) is 15.6. The number of carbonyl (C=O) groups excluding carboxylic acids is 3. The molecule has 234 valence electrons. The molecule has 4 rings (SSSR count). The van der Waals surface area contributed by atoms with Crippen molar-refractivity contribution in [3.63, 3.8) is 0 Å². The van der Waals surface area contributed by atoms with Crippen LogP contribution in [-0.4, -0.2) is 97.4 Å². The third-order valence-corrected chi connectivity index (χ3v) is 8.82. The van der Waals surface area contributed by atoms with E-state index in [-0.39, 0.29) is 42.1 Å². The fraction of sp³-hybridized carbons (Fsp3) is 0.719. The van der Waals surface area contributed by atoms with Crippen molar-refractivity contribution < 1.29 is 28.6 Å². The maximum absolute atomic E-state index is 13.4. The summed E-state index contributed by atoms with van der Waals surface area (Å²) in [4.78, 5) is 45.0. The molecule has 1 aromatic carbocycles. The van der Waals surface area contributed by atoms with Gasteiger partial charge < -0.3 is 19.5 Å². The van der Waals surface area contributed by atoms with E-state index < -0.39 is 5.60 Å². The predicted molar refractivity (Wildman–Crippen MR) is 160 cm³/mol. The molecule has 1 unspecified atom stereocenters. The standard InChI is InChI=1S/C32H50N4O6/c1-32(2,3)42-31(39)36-17-7-6-8-29(36)35-20-18-34(19-21-35)27(23-11-15-26(40-4)16-12-23)22-28(37)33-25-13-9-24(10-14-25)30(38)41-5/h11-12,15-16,24-25,27,29H,6-10,13-14,17-22H2,1-5H3,(H,33,37)/t24?,25?,27?,29-/m0/s1. The molecule has 0 spiro atoms. The molecule has 1 saturated carbocycles. The molecule has 2 aliphatic heterocycles. The summed E-state index contributed by atoms with van der Waals surface area (Å²) in [5.74, 6) is 0.597. The molecule has 1 N–H and O–H groups in total. The Balaban J connectivity index is 1.39. The molecule has 42 heavy (non-hydrogen) atoms. The molecule has 0 aromatic heterocycles. The van der Waals surface area contributed by atoms with Crippen LogP contribution in [0.4, 0.5) is 4.79 Å². The molecular formula is C32H50N4O6. The number of piperidine rings is 1. The molecule has 2 amide bonds. The first-order valence-electron chi connectivity index (χ1n) is 15.6. The van der Waals surface area contributed by atoms with Gasteiger partial charge in [-0.25, -0.2) is 4.79 Å². The zero-order chi connectivity index (χ0) is 30.3. The van der Waals surface area contributed by atoms with Crippen LogP contribution >= 0.6 is 0 Å². The number of esters is 1. The van der Waals surface area contributed by atoms with Crippen molar-refractivity contribution in [3.05, 3.63) is 29.8 Å². The molecule has 2 atom stereocenters. The van der Waals surface area contributed by atoms with E-state index in [9.17, 15) is 14.4 Å². The minimum Gasteiger partial charge on any atom is -0.497 e. The average Bonchev–Trinajstić information content (AvgIpc) is 2.99. The highest BCUT2D eigenvalue weighted by molar-refractivity contribution is 5.77. The smallest absolute Gasteiger partial charge is 0.411 e. The van der Waals surface area contributed by atoms with Crippen LogP contribution in [0.25, 0.3) is 0 Å². The molecule has 2 saturated heterocycles. The van der Waals surface area contributed by atoms with Crippen molar-refractivity contribution in [3.8, 4) is 5.75 Å². The highest BCUT2D eigenvalue weighted by Gasteiger charge is 2.37. The van der Waals surface area contributed by atoms with Gasteiger partial charge in [0.15, 0.2) is 0 Å². The number of ether oxygens (including phenoxy) is 3.